The van der Waals surface area contributed by atoms with Gasteiger partial charge in [-0.3, -0.25) is 0 Å². The molecule has 2 aromatic carbocycles. The molecule has 0 saturated carbocycles. The highest BCUT2D eigenvalue weighted by Crippen LogP contribution is 2.36. The number of benzene rings is 2. The van der Waals surface area contributed by atoms with E-state index in [4.69, 9.17) is 21.1 Å². The minimum absolute atomic E-state index is 0.541. The molecule has 1 N–H and O–H groups in total. The van der Waals surface area contributed by atoms with E-state index >= 15 is 0 Å². The fourth-order valence-corrected chi connectivity index (χ4v) is 3.03. The average Bonchev–Trinajstić information content (AvgIpc) is 2.43. The third-order valence-corrected chi connectivity index (χ3v) is 3.77. The summed E-state index contributed by atoms with van der Waals surface area (Å²) in [7, 11) is 3.18. The molecule has 0 unspecified atom stereocenters. The highest BCUT2D eigenvalue weighted by atomic mass is 79.9. The van der Waals surface area contributed by atoms with Crippen molar-refractivity contribution in [3.8, 4) is 11.5 Å². The summed E-state index contributed by atoms with van der Waals surface area (Å²) in [6.45, 7) is 2.71. The second kappa shape index (κ2) is 7.05. The van der Waals surface area contributed by atoms with E-state index in [9.17, 15) is 0 Å². The summed E-state index contributed by atoms with van der Waals surface area (Å²) in [5, 5.41) is 3.91. The van der Waals surface area contributed by atoms with Crippen LogP contribution in [0, 0.1) is 6.92 Å². The number of anilines is 1. The molecular formula is C16H17BrClNO2. The van der Waals surface area contributed by atoms with Crippen LogP contribution in [-0.4, -0.2) is 14.2 Å². The molecular weight excluding hydrogens is 354 g/mol. The first-order chi connectivity index (χ1) is 10.0. The van der Waals surface area contributed by atoms with Crippen LogP contribution in [0.15, 0.2) is 34.8 Å². The van der Waals surface area contributed by atoms with Gasteiger partial charge in [0, 0.05) is 16.7 Å². The molecule has 0 aliphatic carbocycles. The van der Waals surface area contributed by atoms with E-state index in [0.717, 1.165) is 15.7 Å². The van der Waals surface area contributed by atoms with Gasteiger partial charge in [0.05, 0.1) is 19.2 Å². The van der Waals surface area contributed by atoms with E-state index in [0.29, 0.717) is 23.1 Å². The Kier molecular flexibility index (Phi) is 5.37. The van der Waals surface area contributed by atoms with Gasteiger partial charge < -0.3 is 14.8 Å². The maximum Gasteiger partial charge on any atom is 0.179 e. The number of halogens is 2. The van der Waals surface area contributed by atoms with Crippen LogP contribution in [0.1, 0.15) is 11.1 Å². The molecule has 2 aromatic rings. The number of methoxy groups -OCH3 is 2. The first kappa shape index (κ1) is 16.0. The first-order valence-electron chi connectivity index (χ1n) is 6.45. The monoisotopic (exact) mass is 369 g/mol. The molecule has 0 atom stereocenters. The predicted octanol–water partition coefficient (Wildman–Crippen LogP) is 5.04. The zero-order valence-electron chi connectivity index (χ0n) is 12.2. The Hall–Kier alpha value is -1.39. The summed E-state index contributed by atoms with van der Waals surface area (Å²) in [6, 6.07) is 9.99. The van der Waals surface area contributed by atoms with Gasteiger partial charge in [0.25, 0.3) is 0 Å². The normalized spacial score (nSPS) is 10.3. The van der Waals surface area contributed by atoms with Crippen molar-refractivity contribution >= 4 is 33.2 Å². The van der Waals surface area contributed by atoms with Crippen molar-refractivity contribution in [1.29, 1.82) is 0 Å². The largest absolute Gasteiger partial charge is 0.493 e. The molecule has 0 aromatic heterocycles. The molecule has 112 valence electrons. The minimum atomic E-state index is 0.541. The van der Waals surface area contributed by atoms with E-state index in [2.05, 4.69) is 40.3 Å². The van der Waals surface area contributed by atoms with Gasteiger partial charge in [-0.15, -0.1) is 0 Å². The summed E-state index contributed by atoms with van der Waals surface area (Å²) in [5.41, 5.74) is 3.26. The second-order valence-electron chi connectivity index (χ2n) is 4.68. The minimum Gasteiger partial charge on any atom is -0.493 e. The standard InChI is InChI=1S/C16H17BrClNO2/c1-10-4-12(17)8-13(5-10)19-9-11-6-14(18)16(21-3)15(7-11)20-2/h4-8,19H,9H2,1-3H3. The first-order valence-corrected chi connectivity index (χ1v) is 7.62. The average molecular weight is 371 g/mol. The highest BCUT2D eigenvalue weighted by Gasteiger charge is 2.10. The number of nitrogens with one attached hydrogen (secondary N) is 1. The third kappa shape index (κ3) is 4.05. The van der Waals surface area contributed by atoms with Crippen molar-refractivity contribution in [2.75, 3.05) is 19.5 Å². The van der Waals surface area contributed by atoms with Gasteiger partial charge in [-0.1, -0.05) is 27.5 Å². The van der Waals surface area contributed by atoms with Crippen LogP contribution in [0.4, 0.5) is 5.69 Å². The fourth-order valence-electron chi connectivity index (χ4n) is 2.12. The van der Waals surface area contributed by atoms with Gasteiger partial charge in [0.2, 0.25) is 0 Å². The van der Waals surface area contributed by atoms with Crippen molar-refractivity contribution in [2.24, 2.45) is 0 Å². The van der Waals surface area contributed by atoms with Crippen molar-refractivity contribution < 1.29 is 9.47 Å². The highest BCUT2D eigenvalue weighted by molar-refractivity contribution is 9.10. The maximum absolute atomic E-state index is 6.21. The van der Waals surface area contributed by atoms with Crippen LogP contribution in [0.3, 0.4) is 0 Å². The molecule has 0 spiro atoms. The lowest BCUT2D eigenvalue weighted by Gasteiger charge is -2.13. The molecule has 5 heteroatoms. The summed E-state index contributed by atoms with van der Waals surface area (Å²) < 4.78 is 11.6. The zero-order valence-corrected chi connectivity index (χ0v) is 14.5. The number of aryl methyl sites for hydroxylation is 1. The SMILES string of the molecule is COc1cc(CNc2cc(C)cc(Br)c2)cc(Cl)c1OC. The molecule has 0 fully saturated rings. The molecule has 0 aliphatic rings. The Balaban J connectivity index is 2.18. The number of ether oxygens (including phenoxy) is 2. The fraction of sp³-hybridized carbons (Fsp3) is 0.250. The molecule has 21 heavy (non-hydrogen) atoms. The van der Waals surface area contributed by atoms with Crippen LogP contribution in [0.25, 0.3) is 0 Å². The van der Waals surface area contributed by atoms with Crippen LogP contribution < -0.4 is 14.8 Å². The summed E-state index contributed by atoms with van der Waals surface area (Å²) in [6.07, 6.45) is 0. The molecule has 0 amide bonds. The Morgan fingerprint density at radius 3 is 2.48 bits per heavy atom. The molecule has 0 heterocycles. The summed E-state index contributed by atoms with van der Waals surface area (Å²) in [5.74, 6) is 1.19. The molecule has 0 aliphatic heterocycles. The van der Waals surface area contributed by atoms with Crippen molar-refractivity contribution in [3.63, 3.8) is 0 Å². The smallest absolute Gasteiger partial charge is 0.179 e. The predicted molar refractivity (Wildman–Crippen MR) is 90.8 cm³/mol. The quantitative estimate of drug-likeness (QED) is 0.800. The molecule has 2 rings (SSSR count). The van der Waals surface area contributed by atoms with Gasteiger partial charge in [-0.05, 0) is 48.4 Å². The second-order valence-corrected chi connectivity index (χ2v) is 6.01. The number of hydrogen-bond donors (Lipinski definition) is 1. The van der Waals surface area contributed by atoms with Gasteiger partial charge in [-0.2, -0.15) is 0 Å². The van der Waals surface area contributed by atoms with E-state index in [1.54, 1.807) is 14.2 Å². The van der Waals surface area contributed by atoms with Crippen LogP contribution >= 0.6 is 27.5 Å². The lowest BCUT2D eigenvalue weighted by atomic mass is 10.1. The molecule has 0 saturated heterocycles. The maximum atomic E-state index is 6.21. The van der Waals surface area contributed by atoms with Crippen molar-refractivity contribution in [1.82, 2.24) is 0 Å². The lowest BCUT2D eigenvalue weighted by molar-refractivity contribution is 0.355. The Labute approximate surface area is 138 Å². The molecule has 3 nitrogen and oxygen atoms in total. The molecule has 0 radical (unpaired) electrons. The Bertz CT molecular complexity index is 626. The van der Waals surface area contributed by atoms with Gasteiger partial charge >= 0.3 is 0 Å². The van der Waals surface area contributed by atoms with Crippen molar-refractivity contribution in [2.45, 2.75) is 13.5 Å². The van der Waals surface area contributed by atoms with Gasteiger partial charge in [-0.25, -0.2) is 0 Å². The zero-order chi connectivity index (χ0) is 15.4. The third-order valence-electron chi connectivity index (χ3n) is 3.03. The van der Waals surface area contributed by atoms with Crippen LogP contribution in [0.5, 0.6) is 11.5 Å². The number of hydrogen-bond acceptors (Lipinski definition) is 3. The molecule has 0 bridgehead atoms. The Morgan fingerprint density at radius 2 is 1.86 bits per heavy atom. The van der Waals surface area contributed by atoms with E-state index in [1.165, 1.54) is 5.56 Å². The van der Waals surface area contributed by atoms with Gasteiger partial charge in [0.15, 0.2) is 11.5 Å². The van der Waals surface area contributed by atoms with Gasteiger partial charge in [0.1, 0.15) is 0 Å². The van der Waals surface area contributed by atoms with Crippen LogP contribution in [-0.2, 0) is 6.54 Å². The summed E-state index contributed by atoms with van der Waals surface area (Å²) >= 11 is 9.70. The van der Waals surface area contributed by atoms with E-state index in [-0.39, 0.29) is 0 Å². The van der Waals surface area contributed by atoms with Crippen molar-refractivity contribution in [3.05, 3.63) is 51.0 Å². The van der Waals surface area contributed by atoms with Crippen LogP contribution in [0.2, 0.25) is 5.02 Å². The number of rotatable bonds is 5. The van der Waals surface area contributed by atoms with E-state index in [1.807, 2.05) is 18.2 Å². The Morgan fingerprint density at radius 1 is 1.10 bits per heavy atom. The van der Waals surface area contributed by atoms with E-state index < -0.39 is 0 Å². The summed E-state index contributed by atoms with van der Waals surface area (Å²) in [4.78, 5) is 0. The lowest BCUT2D eigenvalue weighted by Crippen LogP contribution is -2.01. The topological polar surface area (TPSA) is 30.5 Å².